The molecule has 1 saturated carbocycles. The number of halogens is 4. The average molecular weight is 425 g/mol. The maximum absolute atomic E-state index is 14.1. The molecule has 0 bridgehead atoms. The van der Waals surface area contributed by atoms with Crippen LogP contribution in [0.5, 0.6) is 0 Å². The molecular weight excluding hydrogens is 402 g/mol. The lowest BCUT2D eigenvalue weighted by molar-refractivity contribution is -0.137. The first kappa shape index (κ1) is 20.7. The first-order valence-corrected chi connectivity index (χ1v) is 9.76. The van der Waals surface area contributed by atoms with Gasteiger partial charge in [-0.2, -0.15) is 18.3 Å². The van der Waals surface area contributed by atoms with Crippen molar-refractivity contribution in [3.63, 3.8) is 0 Å². The average Bonchev–Trinajstić information content (AvgIpc) is 2.96. The second kappa shape index (κ2) is 6.72. The zero-order valence-electron chi connectivity index (χ0n) is 17.0. The zero-order chi connectivity index (χ0) is 21.9. The van der Waals surface area contributed by atoms with E-state index in [0.29, 0.717) is 25.9 Å². The lowest BCUT2D eigenvalue weighted by atomic mass is 9.61. The highest BCUT2D eigenvalue weighted by molar-refractivity contribution is 5.69. The van der Waals surface area contributed by atoms with Gasteiger partial charge < -0.3 is 9.64 Å². The smallest absolute Gasteiger partial charge is 0.420 e. The number of nitrogens with zero attached hydrogens (tertiary/aromatic N) is 3. The van der Waals surface area contributed by atoms with Crippen LogP contribution < -0.4 is 0 Å². The quantitative estimate of drug-likeness (QED) is 0.615. The number of aromatic nitrogens is 2. The fraction of sp³-hybridized carbons (Fsp3) is 0.524. The van der Waals surface area contributed by atoms with Crippen molar-refractivity contribution in [2.75, 3.05) is 13.1 Å². The summed E-state index contributed by atoms with van der Waals surface area (Å²) in [6.07, 6.45) is -2.83. The number of likely N-dealkylation sites (tertiary alicyclic amines) is 1. The van der Waals surface area contributed by atoms with Gasteiger partial charge in [-0.05, 0) is 45.7 Å². The van der Waals surface area contributed by atoms with Gasteiger partial charge >= 0.3 is 12.3 Å². The molecule has 0 unspecified atom stereocenters. The van der Waals surface area contributed by atoms with Crippen molar-refractivity contribution in [1.82, 2.24) is 14.7 Å². The SMILES string of the molecule is CC(C)(C)OC(=O)N1CC2(CC(n3cc(C(F)(F)F)c(-c4ccccc4F)n3)C2)C1. The molecule has 1 aromatic heterocycles. The highest BCUT2D eigenvalue weighted by Gasteiger charge is 2.55. The Hall–Kier alpha value is -2.58. The summed E-state index contributed by atoms with van der Waals surface area (Å²) >= 11 is 0. The number of amides is 1. The standard InChI is InChI=1S/C21H23F4N3O2/c1-19(2,3)30-18(29)27-11-20(12-27)8-13(9-20)28-10-15(21(23,24)25)17(26-28)14-6-4-5-7-16(14)22/h4-7,10,13H,8-9,11-12H2,1-3H3. The molecule has 2 aliphatic rings. The van der Waals surface area contributed by atoms with Gasteiger partial charge in [0.25, 0.3) is 0 Å². The van der Waals surface area contributed by atoms with E-state index >= 15 is 0 Å². The monoisotopic (exact) mass is 425 g/mol. The molecule has 0 radical (unpaired) electrons. The van der Waals surface area contributed by atoms with Crippen LogP contribution in [0.25, 0.3) is 11.3 Å². The van der Waals surface area contributed by atoms with Crippen LogP contribution in [0.4, 0.5) is 22.4 Å². The molecule has 5 nitrogen and oxygen atoms in total. The fourth-order valence-electron chi connectivity index (χ4n) is 4.24. The lowest BCUT2D eigenvalue weighted by Crippen LogP contribution is -2.64. The van der Waals surface area contributed by atoms with Gasteiger partial charge in [0.15, 0.2) is 0 Å². The molecule has 2 aromatic rings. The third-order valence-corrected chi connectivity index (χ3v) is 5.58. The summed E-state index contributed by atoms with van der Waals surface area (Å²) in [5.41, 5.74) is -2.20. The van der Waals surface area contributed by atoms with Crippen LogP contribution in [-0.4, -0.2) is 39.5 Å². The van der Waals surface area contributed by atoms with Crippen LogP contribution in [0.1, 0.15) is 45.2 Å². The number of rotatable bonds is 2. The largest absolute Gasteiger partial charge is 0.444 e. The molecular formula is C21H23F4N3O2. The van der Waals surface area contributed by atoms with Gasteiger partial charge in [-0.15, -0.1) is 0 Å². The van der Waals surface area contributed by atoms with Crippen LogP contribution in [-0.2, 0) is 10.9 Å². The molecule has 1 saturated heterocycles. The Bertz CT molecular complexity index is 963. The summed E-state index contributed by atoms with van der Waals surface area (Å²) in [6, 6.07) is 5.10. The number of carbonyl (C=O) groups excluding carboxylic acids is 1. The first-order chi connectivity index (χ1) is 13.9. The highest BCUT2D eigenvalue weighted by Crippen LogP contribution is 2.54. The van der Waals surface area contributed by atoms with Crippen LogP contribution in [0.3, 0.4) is 0 Å². The zero-order valence-corrected chi connectivity index (χ0v) is 17.0. The van der Waals surface area contributed by atoms with Gasteiger partial charge in [0, 0.05) is 30.3 Å². The van der Waals surface area contributed by atoms with Crippen molar-refractivity contribution in [1.29, 1.82) is 0 Å². The number of ether oxygens (including phenoxy) is 1. The van der Waals surface area contributed by atoms with E-state index in [0.717, 1.165) is 12.3 Å². The Morgan fingerprint density at radius 3 is 2.37 bits per heavy atom. The minimum Gasteiger partial charge on any atom is -0.444 e. The molecule has 0 N–H and O–H groups in total. The van der Waals surface area contributed by atoms with Gasteiger partial charge in [-0.1, -0.05) is 12.1 Å². The maximum Gasteiger partial charge on any atom is 0.420 e. The number of hydrogen-bond acceptors (Lipinski definition) is 3. The van der Waals surface area contributed by atoms with Gasteiger partial charge in [0.1, 0.15) is 22.7 Å². The van der Waals surface area contributed by atoms with E-state index in [1.807, 2.05) is 0 Å². The minimum absolute atomic E-state index is 0.107. The molecule has 1 aliphatic carbocycles. The topological polar surface area (TPSA) is 47.4 Å². The van der Waals surface area contributed by atoms with Crippen LogP contribution in [0.2, 0.25) is 0 Å². The van der Waals surface area contributed by atoms with Crippen molar-refractivity contribution in [3.05, 3.63) is 41.8 Å². The summed E-state index contributed by atoms with van der Waals surface area (Å²) < 4.78 is 61.4. The molecule has 9 heteroatoms. The van der Waals surface area contributed by atoms with Crippen molar-refractivity contribution in [2.24, 2.45) is 5.41 Å². The summed E-state index contributed by atoms with van der Waals surface area (Å²) in [5, 5.41) is 4.11. The van der Waals surface area contributed by atoms with Crippen molar-refractivity contribution < 1.29 is 27.1 Å². The second-order valence-electron chi connectivity index (χ2n) is 9.25. The molecule has 0 atom stereocenters. The van der Waals surface area contributed by atoms with Crippen LogP contribution >= 0.6 is 0 Å². The molecule has 1 aromatic carbocycles. The summed E-state index contributed by atoms with van der Waals surface area (Å²) in [7, 11) is 0. The maximum atomic E-state index is 14.1. The molecule has 1 spiro atoms. The van der Waals surface area contributed by atoms with Gasteiger partial charge in [0.05, 0.1) is 6.04 Å². The van der Waals surface area contributed by atoms with E-state index in [2.05, 4.69) is 5.10 Å². The Kier molecular flexibility index (Phi) is 4.63. The summed E-state index contributed by atoms with van der Waals surface area (Å²) in [5.74, 6) is -0.745. The molecule has 30 heavy (non-hydrogen) atoms. The van der Waals surface area contributed by atoms with Crippen LogP contribution in [0.15, 0.2) is 30.5 Å². The molecule has 2 heterocycles. The van der Waals surface area contributed by atoms with Crippen LogP contribution in [0, 0.1) is 11.2 Å². The van der Waals surface area contributed by atoms with E-state index in [9.17, 15) is 22.4 Å². The predicted molar refractivity (Wildman–Crippen MR) is 101 cm³/mol. The van der Waals surface area contributed by atoms with E-state index in [4.69, 9.17) is 4.74 Å². The van der Waals surface area contributed by atoms with E-state index < -0.39 is 28.9 Å². The molecule has 2 fully saturated rings. The molecule has 162 valence electrons. The van der Waals surface area contributed by atoms with Gasteiger partial charge in [-0.25, -0.2) is 9.18 Å². The normalized spacial score (nSPS) is 18.8. The number of alkyl halides is 3. The third kappa shape index (κ3) is 3.77. The predicted octanol–water partition coefficient (Wildman–Crippen LogP) is 5.28. The Morgan fingerprint density at radius 1 is 1.17 bits per heavy atom. The summed E-state index contributed by atoms with van der Waals surface area (Å²) in [4.78, 5) is 13.7. The van der Waals surface area contributed by atoms with E-state index in [1.54, 1.807) is 25.7 Å². The highest BCUT2D eigenvalue weighted by atomic mass is 19.4. The Morgan fingerprint density at radius 2 is 1.80 bits per heavy atom. The molecule has 1 aliphatic heterocycles. The molecule has 1 amide bonds. The Labute approximate surface area is 171 Å². The van der Waals surface area contributed by atoms with E-state index in [1.165, 1.54) is 22.9 Å². The van der Waals surface area contributed by atoms with Crippen molar-refractivity contribution >= 4 is 6.09 Å². The third-order valence-electron chi connectivity index (χ3n) is 5.58. The number of benzene rings is 1. The van der Waals surface area contributed by atoms with E-state index in [-0.39, 0.29) is 23.1 Å². The second-order valence-corrected chi connectivity index (χ2v) is 9.25. The fourth-order valence-corrected chi connectivity index (χ4v) is 4.24. The minimum atomic E-state index is -4.64. The van der Waals surface area contributed by atoms with Gasteiger partial charge in [-0.3, -0.25) is 4.68 Å². The first-order valence-electron chi connectivity index (χ1n) is 9.76. The lowest BCUT2D eigenvalue weighted by Gasteiger charge is -2.58. The number of carbonyl (C=O) groups is 1. The number of hydrogen-bond donors (Lipinski definition) is 0. The molecule has 4 rings (SSSR count). The summed E-state index contributed by atoms with van der Waals surface area (Å²) in [6.45, 7) is 6.42. The Balaban J connectivity index is 1.47. The van der Waals surface area contributed by atoms with Gasteiger partial charge in [0.2, 0.25) is 0 Å². The van der Waals surface area contributed by atoms with Crippen molar-refractivity contribution in [3.8, 4) is 11.3 Å². The van der Waals surface area contributed by atoms with Crippen molar-refractivity contribution in [2.45, 2.75) is 51.4 Å².